The van der Waals surface area contributed by atoms with E-state index in [9.17, 15) is 9.59 Å². The second-order valence-electron chi connectivity index (χ2n) is 3.45. The van der Waals surface area contributed by atoms with E-state index in [-0.39, 0.29) is 18.0 Å². The first-order valence-electron chi connectivity index (χ1n) is 4.67. The van der Waals surface area contributed by atoms with Gasteiger partial charge in [-0.3, -0.25) is 9.59 Å². The van der Waals surface area contributed by atoms with Crippen molar-refractivity contribution in [1.82, 2.24) is 0 Å². The fourth-order valence-corrected chi connectivity index (χ4v) is 1.52. The monoisotopic (exact) mass is 202 g/mol. The Kier molecular flexibility index (Phi) is 2.37. The molecule has 76 valence electrons. The Balaban J connectivity index is 2.44. The van der Waals surface area contributed by atoms with E-state index in [4.69, 9.17) is 4.42 Å². The third kappa shape index (κ3) is 1.81. The van der Waals surface area contributed by atoms with Gasteiger partial charge >= 0.3 is 0 Å². The van der Waals surface area contributed by atoms with Crippen molar-refractivity contribution < 1.29 is 14.0 Å². The van der Waals surface area contributed by atoms with E-state index in [1.165, 1.54) is 13.2 Å². The standard InChI is InChI=1S/C12H10O3/c1-8(13)6-11(14)10-7-15-12-5-3-2-4-9(10)12/h2-5,7H,6H2,1H3. The average Bonchev–Trinajstić information content (AvgIpc) is 2.59. The maximum Gasteiger partial charge on any atom is 0.174 e. The van der Waals surface area contributed by atoms with Gasteiger partial charge < -0.3 is 4.42 Å². The van der Waals surface area contributed by atoms with Gasteiger partial charge in [0.1, 0.15) is 17.6 Å². The molecule has 0 fully saturated rings. The number of hydrogen-bond acceptors (Lipinski definition) is 3. The molecule has 0 bridgehead atoms. The van der Waals surface area contributed by atoms with Gasteiger partial charge in [-0.05, 0) is 13.0 Å². The molecule has 3 heteroatoms. The van der Waals surface area contributed by atoms with Crippen LogP contribution in [0.25, 0.3) is 11.0 Å². The molecule has 0 unspecified atom stereocenters. The quantitative estimate of drug-likeness (QED) is 0.567. The summed E-state index contributed by atoms with van der Waals surface area (Å²) in [6.07, 6.45) is 1.35. The predicted molar refractivity (Wildman–Crippen MR) is 55.8 cm³/mol. The van der Waals surface area contributed by atoms with Crippen LogP contribution in [-0.4, -0.2) is 11.6 Å². The highest BCUT2D eigenvalue weighted by atomic mass is 16.3. The van der Waals surface area contributed by atoms with Gasteiger partial charge in [-0.2, -0.15) is 0 Å². The van der Waals surface area contributed by atoms with E-state index in [0.717, 1.165) is 5.39 Å². The molecule has 0 radical (unpaired) electrons. The Morgan fingerprint density at radius 3 is 2.73 bits per heavy atom. The maximum atomic E-state index is 11.6. The fraction of sp³-hybridized carbons (Fsp3) is 0.167. The van der Waals surface area contributed by atoms with Gasteiger partial charge in [-0.15, -0.1) is 0 Å². The molecule has 0 N–H and O–H groups in total. The second-order valence-corrected chi connectivity index (χ2v) is 3.45. The second kappa shape index (κ2) is 3.69. The number of para-hydroxylation sites is 1. The van der Waals surface area contributed by atoms with Crippen LogP contribution >= 0.6 is 0 Å². The molecular formula is C12H10O3. The summed E-state index contributed by atoms with van der Waals surface area (Å²) in [6.45, 7) is 1.40. The normalized spacial score (nSPS) is 10.5. The molecule has 0 saturated carbocycles. The number of benzene rings is 1. The number of furan rings is 1. The zero-order valence-corrected chi connectivity index (χ0v) is 8.32. The number of carbonyl (C=O) groups is 2. The van der Waals surface area contributed by atoms with E-state index < -0.39 is 0 Å². The van der Waals surface area contributed by atoms with Crippen molar-refractivity contribution in [2.75, 3.05) is 0 Å². The van der Waals surface area contributed by atoms with Crippen LogP contribution in [0.4, 0.5) is 0 Å². The van der Waals surface area contributed by atoms with Crippen molar-refractivity contribution in [3.05, 3.63) is 36.1 Å². The molecule has 3 nitrogen and oxygen atoms in total. The van der Waals surface area contributed by atoms with Gasteiger partial charge in [0.25, 0.3) is 0 Å². The van der Waals surface area contributed by atoms with E-state index >= 15 is 0 Å². The number of ketones is 2. The van der Waals surface area contributed by atoms with Gasteiger partial charge in [0.05, 0.1) is 12.0 Å². The molecule has 2 rings (SSSR count). The minimum absolute atomic E-state index is 0.0659. The van der Waals surface area contributed by atoms with Crippen LogP contribution in [0.2, 0.25) is 0 Å². The van der Waals surface area contributed by atoms with Crippen molar-refractivity contribution >= 4 is 22.5 Å². The van der Waals surface area contributed by atoms with Crippen LogP contribution in [0.1, 0.15) is 23.7 Å². The maximum absolute atomic E-state index is 11.6. The fourth-order valence-electron chi connectivity index (χ4n) is 1.52. The molecule has 0 spiro atoms. The van der Waals surface area contributed by atoms with Gasteiger partial charge in [0.15, 0.2) is 5.78 Å². The number of hydrogen-bond donors (Lipinski definition) is 0. The summed E-state index contributed by atoms with van der Waals surface area (Å²) in [4.78, 5) is 22.5. The summed E-state index contributed by atoms with van der Waals surface area (Å²) >= 11 is 0. The first-order chi connectivity index (χ1) is 7.18. The molecule has 15 heavy (non-hydrogen) atoms. The van der Waals surface area contributed by atoms with Crippen LogP contribution in [-0.2, 0) is 4.79 Å². The molecular weight excluding hydrogens is 192 g/mol. The highest BCUT2D eigenvalue weighted by molar-refractivity contribution is 6.13. The van der Waals surface area contributed by atoms with Crippen molar-refractivity contribution in [1.29, 1.82) is 0 Å². The van der Waals surface area contributed by atoms with Gasteiger partial charge in [0, 0.05) is 5.39 Å². The van der Waals surface area contributed by atoms with Crippen molar-refractivity contribution in [2.45, 2.75) is 13.3 Å². The molecule has 0 aliphatic rings. The summed E-state index contributed by atoms with van der Waals surface area (Å²) in [6, 6.07) is 7.28. The highest BCUT2D eigenvalue weighted by Gasteiger charge is 2.14. The summed E-state index contributed by atoms with van der Waals surface area (Å²) in [5.41, 5.74) is 1.16. The van der Waals surface area contributed by atoms with Crippen LogP contribution in [0.5, 0.6) is 0 Å². The first kappa shape index (κ1) is 9.65. The lowest BCUT2D eigenvalue weighted by Crippen LogP contribution is -2.03. The van der Waals surface area contributed by atoms with E-state index in [2.05, 4.69) is 0 Å². The molecule has 0 amide bonds. The summed E-state index contributed by atoms with van der Waals surface area (Å²) in [5, 5.41) is 0.767. The molecule has 1 aromatic heterocycles. The Labute approximate surface area is 86.7 Å². The molecule has 0 aliphatic heterocycles. The molecule has 2 aromatic rings. The lowest BCUT2D eigenvalue weighted by molar-refractivity contribution is -0.116. The minimum atomic E-state index is -0.188. The first-order valence-corrected chi connectivity index (χ1v) is 4.67. The van der Waals surface area contributed by atoms with Crippen molar-refractivity contribution in [3.63, 3.8) is 0 Å². The summed E-state index contributed by atoms with van der Waals surface area (Å²) < 4.78 is 5.22. The molecule has 0 aliphatic carbocycles. The van der Waals surface area contributed by atoms with E-state index in [1.54, 1.807) is 6.07 Å². The number of rotatable bonds is 3. The third-order valence-corrected chi connectivity index (χ3v) is 2.19. The Morgan fingerprint density at radius 2 is 2.00 bits per heavy atom. The Hall–Kier alpha value is -1.90. The summed E-state index contributed by atoms with van der Waals surface area (Å²) in [5.74, 6) is -0.322. The highest BCUT2D eigenvalue weighted by Crippen LogP contribution is 2.21. The molecule has 1 heterocycles. The Bertz CT molecular complexity index is 522. The Morgan fingerprint density at radius 1 is 1.27 bits per heavy atom. The lowest BCUT2D eigenvalue weighted by atomic mass is 10.1. The van der Waals surface area contributed by atoms with E-state index in [1.807, 2.05) is 18.2 Å². The number of carbonyl (C=O) groups excluding carboxylic acids is 2. The van der Waals surface area contributed by atoms with Gasteiger partial charge in [0.2, 0.25) is 0 Å². The van der Waals surface area contributed by atoms with Crippen molar-refractivity contribution in [3.8, 4) is 0 Å². The minimum Gasteiger partial charge on any atom is -0.464 e. The molecule has 0 atom stereocenters. The zero-order valence-electron chi connectivity index (χ0n) is 8.32. The van der Waals surface area contributed by atoms with Gasteiger partial charge in [-0.25, -0.2) is 0 Å². The third-order valence-electron chi connectivity index (χ3n) is 2.19. The van der Waals surface area contributed by atoms with Crippen LogP contribution in [0.3, 0.4) is 0 Å². The lowest BCUT2D eigenvalue weighted by Gasteiger charge is -1.94. The number of Topliss-reactive ketones (excluding diaryl/α,β-unsaturated/α-hetero) is 2. The molecule has 1 aromatic carbocycles. The van der Waals surface area contributed by atoms with Crippen LogP contribution in [0.15, 0.2) is 34.9 Å². The number of fused-ring (bicyclic) bond motifs is 1. The average molecular weight is 202 g/mol. The van der Waals surface area contributed by atoms with Gasteiger partial charge in [-0.1, -0.05) is 18.2 Å². The zero-order chi connectivity index (χ0) is 10.8. The predicted octanol–water partition coefficient (Wildman–Crippen LogP) is 2.59. The van der Waals surface area contributed by atoms with Crippen LogP contribution < -0.4 is 0 Å². The van der Waals surface area contributed by atoms with Crippen molar-refractivity contribution in [2.24, 2.45) is 0 Å². The topological polar surface area (TPSA) is 47.3 Å². The molecule has 0 saturated heterocycles. The smallest absolute Gasteiger partial charge is 0.174 e. The summed E-state index contributed by atoms with van der Waals surface area (Å²) in [7, 11) is 0. The van der Waals surface area contributed by atoms with E-state index in [0.29, 0.717) is 11.1 Å². The largest absolute Gasteiger partial charge is 0.464 e. The SMILES string of the molecule is CC(=O)CC(=O)c1coc2ccccc12. The van der Waals surface area contributed by atoms with Crippen LogP contribution in [0, 0.1) is 0 Å².